The zero-order chi connectivity index (χ0) is 15.9. The molecule has 0 aliphatic carbocycles. The predicted octanol–water partition coefficient (Wildman–Crippen LogP) is 2.60. The maximum atomic E-state index is 11.9. The molecule has 21 heavy (non-hydrogen) atoms. The first-order valence-corrected chi connectivity index (χ1v) is 6.71. The van der Waals surface area contributed by atoms with E-state index in [1.807, 2.05) is 18.2 Å². The Balaban J connectivity index is 2.56. The molecule has 3 N–H and O–H groups in total. The molecule has 0 aliphatic rings. The molecule has 0 aliphatic heterocycles. The van der Waals surface area contributed by atoms with Gasteiger partial charge in [0.15, 0.2) is 0 Å². The molecule has 0 saturated heterocycles. The Hall–Kier alpha value is -2.08. The van der Waals surface area contributed by atoms with Crippen molar-refractivity contribution in [1.82, 2.24) is 5.32 Å². The minimum absolute atomic E-state index is 0.0105. The Morgan fingerprint density at radius 1 is 1.33 bits per heavy atom. The number of hydrogen-bond donors (Lipinski definition) is 3. The van der Waals surface area contributed by atoms with Crippen molar-refractivity contribution in [2.75, 3.05) is 12.4 Å². The number of anilines is 1. The van der Waals surface area contributed by atoms with E-state index >= 15 is 0 Å². The molecule has 0 radical (unpaired) electrons. The molecule has 1 aromatic rings. The molecule has 6 nitrogen and oxygen atoms in total. The fourth-order valence-electron chi connectivity index (χ4n) is 1.86. The lowest BCUT2D eigenvalue weighted by atomic mass is 9.99. The van der Waals surface area contributed by atoms with Gasteiger partial charge in [0.25, 0.3) is 0 Å². The minimum Gasteiger partial charge on any atom is -0.481 e. The number of benzene rings is 1. The fraction of sp³-hybridized carbons (Fsp3) is 0.467. The molecule has 0 unspecified atom stereocenters. The van der Waals surface area contributed by atoms with Gasteiger partial charge in [-0.3, -0.25) is 4.79 Å². The zero-order valence-corrected chi connectivity index (χ0v) is 12.6. The number of urea groups is 1. The van der Waals surface area contributed by atoms with Crippen LogP contribution >= 0.6 is 0 Å². The van der Waals surface area contributed by atoms with Gasteiger partial charge in [0.05, 0.1) is 6.61 Å². The van der Waals surface area contributed by atoms with Crippen LogP contribution in [0.2, 0.25) is 0 Å². The Kier molecular flexibility index (Phi) is 6.17. The van der Waals surface area contributed by atoms with E-state index in [1.165, 1.54) is 0 Å². The molecule has 0 saturated carbocycles. The van der Waals surface area contributed by atoms with Crippen LogP contribution in [0, 0.1) is 0 Å². The number of nitrogens with one attached hydrogen (secondary N) is 2. The van der Waals surface area contributed by atoms with Crippen molar-refractivity contribution in [2.45, 2.75) is 38.8 Å². The van der Waals surface area contributed by atoms with Gasteiger partial charge in [-0.25, -0.2) is 4.79 Å². The molecule has 0 aromatic heterocycles. The number of carbonyl (C=O) groups is 2. The van der Waals surface area contributed by atoms with Gasteiger partial charge in [-0.2, -0.15) is 0 Å². The lowest BCUT2D eigenvalue weighted by Gasteiger charge is -2.25. The van der Waals surface area contributed by atoms with Gasteiger partial charge in [0.1, 0.15) is 0 Å². The summed E-state index contributed by atoms with van der Waals surface area (Å²) < 4.78 is 5.04. The van der Waals surface area contributed by atoms with Gasteiger partial charge in [0, 0.05) is 24.8 Å². The van der Waals surface area contributed by atoms with Crippen molar-refractivity contribution in [3.8, 4) is 0 Å². The van der Waals surface area contributed by atoms with Gasteiger partial charge in [-0.05, 0) is 38.0 Å². The highest BCUT2D eigenvalue weighted by atomic mass is 16.5. The van der Waals surface area contributed by atoms with Crippen molar-refractivity contribution in [1.29, 1.82) is 0 Å². The predicted molar refractivity (Wildman–Crippen MR) is 80.3 cm³/mol. The van der Waals surface area contributed by atoms with E-state index in [9.17, 15) is 9.59 Å². The normalized spacial score (nSPS) is 11.0. The number of carboxylic acid groups (broad SMARTS) is 1. The van der Waals surface area contributed by atoms with Crippen molar-refractivity contribution >= 4 is 17.7 Å². The Morgan fingerprint density at radius 3 is 2.67 bits per heavy atom. The molecule has 116 valence electrons. The highest BCUT2D eigenvalue weighted by Gasteiger charge is 2.21. The smallest absolute Gasteiger partial charge is 0.319 e. The molecule has 0 heterocycles. The zero-order valence-electron chi connectivity index (χ0n) is 12.6. The SMILES string of the molecule is COCc1cccc(NC(=O)NC(C)(C)CCC(=O)O)c1. The van der Waals surface area contributed by atoms with Crippen molar-refractivity contribution in [2.24, 2.45) is 0 Å². The van der Waals surface area contributed by atoms with Gasteiger partial charge in [-0.15, -0.1) is 0 Å². The number of hydrogen-bond acceptors (Lipinski definition) is 3. The minimum atomic E-state index is -0.877. The van der Waals surface area contributed by atoms with Crippen LogP contribution in [0.3, 0.4) is 0 Å². The van der Waals surface area contributed by atoms with Crippen LogP contribution in [0.1, 0.15) is 32.3 Å². The molecular formula is C15H22N2O4. The van der Waals surface area contributed by atoms with Crippen molar-refractivity contribution in [3.05, 3.63) is 29.8 Å². The average Bonchev–Trinajstić information content (AvgIpc) is 2.36. The summed E-state index contributed by atoms with van der Waals surface area (Å²) in [7, 11) is 1.61. The first kappa shape index (κ1) is 17.0. The summed E-state index contributed by atoms with van der Waals surface area (Å²) >= 11 is 0. The van der Waals surface area contributed by atoms with E-state index in [4.69, 9.17) is 9.84 Å². The monoisotopic (exact) mass is 294 g/mol. The third kappa shape index (κ3) is 6.76. The molecule has 0 fully saturated rings. The number of rotatable bonds is 7. The van der Waals surface area contributed by atoms with Gasteiger partial charge >= 0.3 is 12.0 Å². The standard InChI is InChI=1S/C15H22N2O4/c1-15(2,8-7-13(18)19)17-14(20)16-12-6-4-5-11(9-12)10-21-3/h4-6,9H,7-8,10H2,1-3H3,(H,18,19)(H2,16,17,20). The topological polar surface area (TPSA) is 87.7 Å². The van der Waals surface area contributed by atoms with E-state index in [-0.39, 0.29) is 12.5 Å². The maximum absolute atomic E-state index is 11.9. The van der Waals surface area contributed by atoms with E-state index in [2.05, 4.69) is 10.6 Å². The largest absolute Gasteiger partial charge is 0.481 e. The number of aliphatic carboxylic acids is 1. The first-order chi connectivity index (χ1) is 9.82. The number of ether oxygens (including phenoxy) is 1. The first-order valence-electron chi connectivity index (χ1n) is 6.71. The van der Waals surface area contributed by atoms with Gasteiger partial charge in [-0.1, -0.05) is 12.1 Å². The van der Waals surface area contributed by atoms with Crippen molar-refractivity contribution in [3.63, 3.8) is 0 Å². The summed E-state index contributed by atoms with van der Waals surface area (Å²) in [6.07, 6.45) is 0.371. The third-order valence-corrected chi connectivity index (χ3v) is 2.91. The molecule has 1 rings (SSSR count). The third-order valence-electron chi connectivity index (χ3n) is 2.91. The molecule has 0 bridgehead atoms. The Labute approximate surface area is 124 Å². The van der Waals surface area contributed by atoms with Crippen LogP contribution in [-0.4, -0.2) is 29.8 Å². The van der Waals surface area contributed by atoms with E-state index < -0.39 is 11.5 Å². The lowest BCUT2D eigenvalue weighted by molar-refractivity contribution is -0.137. The van der Waals surface area contributed by atoms with Gasteiger partial charge in [0.2, 0.25) is 0 Å². The number of amides is 2. The van der Waals surface area contributed by atoms with Crippen LogP contribution in [0.25, 0.3) is 0 Å². The van der Waals surface area contributed by atoms with Crippen LogP contribution in [-0.2, 0) is 16.1 Å². The Morgan fingerprint density at radius 2 is 2.05 bits per heavy atom. The second-order valence-electron chi connectivity index (χ2n) is 5.49. The molecule has 6 heteroatoms. The van der Waals surface area contributed by atoms with Crippen LogP contribution in [0.5, 0.6) is 0 Å². The highest BCUT2D eigenvalue weighted by molar-refractivity contribution is 5.89. The van der Waals surface area contributed by atoms with Crippen LogP contribution < -0.4 is 10.6 Å². The fourth-order valence-corrected chi connectivity index (χ4v) is 1.86. The highest BCUT2D eigenvalue weighted by Crippen LogP contribution is 2.14. The number of carbonyl (C=O) groups excluding carboxylic acids is 1. The molecule has 1 aromatic carbocycles. The summed E-state index contributed by atoms with van der Waals surface area (Å²) in [6.45, 7) is 4.05. The number of methoxy groups -OCH3 is 1. The summed E-state index contributed by atoms with van der Waals surface area (Å²) in [5, 5.41) is 14.2. The second-order valence-corrected chi connectivity index (χ2v) is 5.49. The second kappa shape index (κ2) is 7.64. The molecule has 2 amide bonds. The van der Waals surface area contributed by atoms with Crippen LogP contribution in [0.15, 0.2) is 24.3 Å². The molecule has 0 atom stereocenters. The number of carboxylic acids is 1. The van der Waals surface area contributed by atoms with Crippen LogP contribution in [0.4, 0.5) is 10.5 Å². The summed E-state index contributed by atoms with van der Waals surface area (Å²) in [4.78, 5) is 22.5. The molecule has 0 spiro atoms. The maximum Gasteiger partial charge on any atom is 0.319 e. The average molecular weight is 294 g/mol. The quantitative estimate of drug-likeness (QED) is 0.721. The summed E-state index contributed by atoms with van der Waals surface area (Å²) in [6, 6.07) is 6.99. The van der Waals surface area contributed by atoms with E-state index in [1.54, 1.807) is 27.0 Å². The lowest BCUT2D eigenvalue weighted by Crippen LogP contribution is -2.45. The van der Waals surface area contributed by atoms with Crippen molar-refractivity contribution < 1.29 is 19.4 Å². The summed E-state index contributed by atoms with van der Waals surface area (Å²) in [5.41, 5.74) is 1.03. The van der Waals surface area contributed by atoms with E-state index in [0.29, 0.717) is 18.7 Å². The Bertz CT molecular complexity index is 500. The molecular weight excluding hydrogens is 272 g/mol. The van der Waals surface area contributed by atoms with Gasteiger partial charge < -0.3 is 20.5 Å². The summed E-state index contributed by atoms with van der Waals surface area (Å²) in [5.74, 6) is -0.877. The van der Waals surface area contributed by atoms with E-state index in [0.717, 1.165) is 5.56 Å².